The summed E-state index contributed by atoms with van der Waals surface area (Å²) in [5.41, 5.74) is 1.08. The molecule has 1 aliphatic heterocycles. The molecule has 1 fully saturated rings. The van der Waals surface area contributed by atoms with Crippen molar-refractivity contribution < 1.29 is 13.2 Å². The molecule has 0 spiro atoms. The van der Waals surface area contributed by atoms with Gasteiger partial charge in [0.1, 0.15) is 4.88 Å². The average molecular weight is 314 g/mol. The smallest absolute Gasteiger partial charge is 0.368 e. The van der Waals surface area contributed by atoms with Gasteiger partial charge in [-0.2, -0.15) is 13.2 Å². The van der Waals surface area contributed by atoms with E-state index in [4.69, 9.17) is 0 Å². The zero-order valence-electron chi connectivity index (χ0n) is 11.0. The van der Waals surface area contributed by atoms with Crippen LogP contribution in [0.15, 0.2) is 30.7 Å². The fourth-order valence-corrected chi connectivity index (χ4v) is 3.09. The first-order chi connectivity index (χ1) is 10.0. The maximum Gasteiger partial charge on any atom is 0.427 e. The lowest BCUT2D eigenvalue weighted by Crippen LogP contribution is -2.46. The zero-order chi connectivity index (χ0) is 14.9. The summed E-state index contributed by atoms with van der Waals surface area (Å²) < 4.78 is 37.8. The van der Waals surface area contributed by atoms with Crippen molar-refractivity contribution in [2.75, 3.05) is 36.0 Å². The molecular weight excluding hydrogens is 301 g/mol. The van der Waals surface area contributed by atoms with E-state index in [9.17, 15) is 13.2 Å². The van der Waals surface area contributed by atoms with E-state index in [1.165, 1.54) is 0 Å². The van der Waals surface area contributed by atoms with Crippen LogP contribution in [0.4, 0.5) is 24.0 Å². The minimum absolute atomic E-state index is 0.441. The molecule has 0 aromatic carbocycles. The summed E-state index contributed by atoms with van der Waals surface area (Å²) in [5, 5.41) is 0.441. The predicted octanol–water partition coefficient (Wildman–Crippen LogP) is 2.88. The summed E-state index contributed by atoms with van der Waals surface area (Å²) in [7, 11) is 0. The van der Waals surface area contributed by atoms with E-state index in [0.29, 0.717) is 29.6 Å². The lowest BCUT2D eigenvalue weighted by atomic mass is 10.3. The molecule has 0 atom stereocenters. The van der Waals surface area contributed by atoms with Crippen LogP contribution < -0.4 is 9.80 Å². The Balaban J connectivity index is 1.65. The molecular formula is C13H13F3N4S. The van der Waals surface area contributed by atoms with E-state index >= 15 is 0 Å². The van der Waals surface area contributed by atoms with Gasteiger partial charge in [0, 0.05) is 44.3 Å². The van der Waals surface area contributed by atoms with Gasteiger partial charge in [0.25, 0.3) is 0 Å². The standard InChI is InChI=1S/C13H13F3N4S/c14-13(15,16)11-9-18-12(21-11)20-7-5-19(6-8-20)10-1-3-17-4-2-10/h1-4,9H,5-8H2. The van der Waals surface area contributed by atoms with E-state index in [-0.39, 0.29) is 0 Å². The van der Waals surface area contributed by atoms with Crippen LogP contribution in [0.5, 0.6) is 0 Å². The number of piperazine rings is 1. The van der Waals surface area contributed by atoms with Crippen molar-refractivity contribution in [3.8, 4) is 0 Å². The molecule has 1 aliphatic rings. The van der Waals surface area contributed by atoms with Gasteiger partial charge in [0.05, 0.1) is 6.20 Å². The second-order valence-electron chi connectivity index (χ2n) is 4.68. The largest absolute Gasteiger partial charge is 0.427 e. The van der Waals surface area contributed by atoms with Gasteiger partial charge in [-0.3, -0.25) is 4.98 Å². The number of thiazole rings is 1. The fraction of sp³-hybridized carbons (Fsp3) is 0.385. The Kier molecular flexibility index (Phi) is 3.71. The van der Waals surface area contributed by atoms with Crippen molar-refractivity contribution >= 4 is 22.2 Å². The molecule has 0 N–H and O–H groups in total. The third-order valence-corrected chi connectivity index (χ3v) is 4.45. The highest BCUT2D eigenvalue weighted by Crippen LogP contribution is 2.36. The van der Waals surface area contributed by atoms with Gasteiger partial charge < -0.3 is 9.80 Å². The van der Waals surface area contributed by atoms with E-state index in [2.05, 4.69) is 14.9 Å². The van der Waals surface area contributed by atoms with Crippen molar-refractivity contribution in [2.24, 2.45) is 0 Å². The van der Waals surface area contributed by atoms with Gasteiger partial charge in [0.2, 0.25) is 0 Å². The number of aromatic nitrogens is 2. The molecule has 0 unspecified atom stereocenters. The number of rotatable bonds is 2. The van der Waals surface area contributed by atoms with E-state index < -0.39 is 11.1 Å². The maximum absolute atomic E-state index is 12.6. The lowest BCUT2D eigenvalue weighted by molar-refractivity contribution is -0.134. The molecule has 21 heavy (non-hydrogen) atoms. The van der Waals surface area contributed by atoms with Crippen molar-refractivity contribution in [3.05, 3.63) is 35.6 Å². The predicted molar refractivity (Wildman–Crippen MR) is 75.8 cm³/mol. The molecule has 0 radical (unpaired) electrons. The summed E-state index contributed by atoms with van der Waals surface area (Å²) in [6, 6.07) is 3.86. The third-order valence-electron chi connectivity index (χ3n) is 3.35. The van der Waals surface area contributed by atoms with Crippen molar-refractivity contribution in [3.63, 3.8) is 0 Å². The van der Waals surface area contributed by atoms with Gasteiger partial charge in [-0.1, -0.05) is 11.3 Å². The Labute approximate surface area is 123 Å². The number of hydrogen-bond acceptors (Lipinski definition) is 5. The van der Waals surface area contributed by atoms with Gasteiger partial charge in [-0.15, -0.1) is 0 Å². The molecule has 0 bridgehead atoms. The molecule has 112 valence electrons. The SMILES string of the molecule is FC(F)(F)c1cnc(N2CCN(c3ccncc3)CC2)s1. The second kappa shape index (κ2) is 5.51. The summed E-state index contributed by atoms with van der Waals surface area (Å²) in [4.78, 5) is 11.3. The van der Waals surface area contributed by atoms with Gasteiger partial charge in [0.15, 0.2) is 5.13 Å². The zero-order valence-corrected chi connectivity index (χ0v) is 11.9. The molecule has 0 amide bonds. The van der Waals surface area contributed by atoms with Crippen molar-refractivity contribution in [2.45, 2.75) is 6.18 Å². The molecule has 8 heteroatoms. The maximum atomic E-state index is 12.6. The Morgan fingerprint density at radius 2 is 1.62 bits per heavy atom. The van der Waals surface area contributed by atoms with Crippen LogP contribution >= 0.6 is 11.3 Å². The quantitative estimate of drug-likeness (QED) is 0.853. The summed E-state index contributed by atoms with van der Waals surface area (Å²) in [6.07, 6.45) is 0.0697. The molecule has 3 rings (SSSR count). The number of hydrogen-bond donors (Lipinski definition) is 0. The Morgan fingerprint density at radius 1 is 1.00 bits per heavy atom. The molecule has 2 aromatic heterocycles. The van der Waals surface area contributed by atoms with Crippen LogP contribution in [-0.4, -0.2) is 36.1 Å². The van der Waals surface area contributed by atoms with Crippen LogP contribution in [0.25, 0.3) is 0 Å². The average Bonchev–Trinajstić information content (AvgIpc) is 2.98. The van der Waals surface area contributed by atoms with Crippen molar-refractivity contribution in [1.82, 2.24) is 9.97 Å². The molecule has 0 saturated carbocycles. The number of alkyl halides is 3. The first-order valence-corrected chi connectivity index (χ1v) is 7.28. The normalized spacial score (nSPS) is 16.3. The van der Waals surface area contributed by atoms with Gasteiger partial charge in [-0.25, -0.2) is 4.98 Å². The summed E-state index contributed by atoms with van der Waals surface area (Å²) >= 11 is 0.705. The molecule has 0 aliphatic carbocycles. The first kappa shape index (κ1) is 14.1. The van der Waals surface area contributed by atoms with Gasteiger partial charge in [-0.05, 0) is 12.1 Å². The number of anilines is 2. The van der Waals surface area contributed by atoms with Crippen LogP contribution in [0.1, 0.15) is 4.88 Å². The number of nitrogens with zero attached hydrogens (tertiary/aromatic N) is 4. The fourth-order valence-electron chi connectivity index (χ4n) is 2.25. The minimum atomic E-state index is -4.31. The number of pyridine rings is 1. The molecule has 3 heterocycles. The van der Waals surface area contributed by atoms with Crippen molar-refractivity contribution in [1.29, 1.82) is 0 Å². The molecule has 4 nitrogen and oxygen atoms in total. The van der Waals surface area contributed by atoms with Crippen LogP contribution in [-0.2, 0) is 6.18 Å². The van der Waals surface area contributed by atoms with Gasteiger partial charge >= 0.3 is 6.18 Å². The highest BCUT2D eigenvalue weighted by Gasteiger charge is 2.34. The van der Waals surface area contributed by atoms with Crippen LogP contribution in [0.3, 0.4) is 0 Å². The first-order valence-electron chi connectivity index (χ1n) is 6.47. The molecule has 2 aromatic rings. The molecule has 1 saturated heterocycles. The minimum Gasteiger partial charge on any atom is -0.368 e. The monoisotopic (exact) mass is 314 g/mol. The Morgan fingerprint density at radius 3 is 2.19 bits per heavy atom. The topological polar surface area (TPSA) is 32.3 Å². The summed E-state index contributed by atoms with van der Waals surface area (Å²) in [6.45, 7) is 2.83. The van der Waals surface area contributed by atoms with Crippen LogP contribution in [0.2, 0.25) is 0 Å². The third kappa shape index (κ3) is 3.10. The van der Waals surface area contributed by atoms with E-state index in [1.807, 2.05) is 17.0 Å². The van der Waals surface area contributed by atoms with Crippen LogP contribution in [0, 0.1) is 0 Å². The highest BCUT2D eigenvalue weighted by atomic mass is 32.1. The summed E-state index contributed by atoms with van der Waals surface area (Å²) in [5.74, 6) is 0. The van der Waals surface area contributed by atoms with E-state index in [0.717, 1.165) is 25.0 Å². The second-order valence-corrected chi connectivity index (χ2v) is 5.69. The Bertz CT molecular complexity index is 591. The van der Waals surface area contributed by atoms with E-state index in [1.54, 1.807) is 12.4 Å². The lowest BCUT2D eigenvalue weighted by Gasteiger charge is -2.35. The Hall–Kier alpha value is -1.83. The highest BCUT2D eigenvalue weighted by molar-refractivity contribution is 7.15. The number of halogens is 3.